The van der Waals surface area contributed by atoms with Crippen molar-refractivity contribution in [1.82, 2.24) is 9.97 Å². The van der Waals surface area contributed by atoms with Crippen molar-refractivity contribution < 1.29 is 0 Å². The predicted molar refractivity (Wildman–Crippen MR) is 83.6 cm³/mol. The molecule has 1 aromatic heterocycles. The molecular weight excluding hydrogens is 248 g/mol. The fourth-order valence-electron chi connectivity index (χ4n) is 2.46. The van der Waals surface area contributed by atoms with E-state index in [-0.39, 0.29) is 0 Å². The number of nitrogens with one attached hydrogen (secondary N) is 1. The molecule has 0 radical (unpaired) electrons. The predicted octanol–water partition coefficient (Wildman–Crippen LogP) is 3.23. The molecule has 0 aliphatic heterocycles. The summed E-state index contributed by atoms with van der Waals surface area (Å²) in [6.07, 6.45) is 0.859. The third kappa shape index (κ3) is 2.51. The summed E-state index contributed by atoms with van der Waals surface area (Å²) < 4.78 is 0. The lowest BCUT2D eigenvalue weighted by atomic mass is 10.00. The second-order valence-electron chi connectivity index (χ2n) is 5.21. The Morgan fingerprint density at radius 3 is 2.25 bits per heavy atom. The van der Waals surface area contributed by atoms with Crippen LogP contribution in [-0.4, -0.2) is 9.97 Å². The summed E-state index contributed by atoms with van der Waals surface area (Å²) in [6, 6.07) is 4.32. The van der Waals surface area contributed by atoms with E-state index >= 15 is 0 Å². The van der Waals surface area contributed by atoms with Gasteiger partial charge in [0.1, 0.15) is 5.82 Å². The van der Waals surface area contributed by atoms with Crippen molar-refractivity contribution >= 4 is 5.82 Å². The van der Waals surface area contributed by atoms with E-state index in [1.54, 1.807) is 0 Å². The van der Waals surface area contributed by atoms with Crippen LogP contribution in [0.15, 0.2) is 12.1 Å². The molecular formula is C16H22N4. The summed E-state index contributed by atoms with van der Waals surface area (Å²) in [4.78, 5) is 9.23. The molecule has 0 bridgehead atoms. The van der Waals surface area contributed by atoms with Crippen LogP contribution in [0.4, 0.5) is 5.82 Å². The summed E-state index contributed by atoms with van der Waals surface area (Å²) >= 11 is 0. The van der Waals surface area contributed by atoms with Crippen molar-refractivity contribution in [1.29, 1.82) is 0 Å². The van der Waals surface area contributed by atoms with Gasteiger partial charge in [0.05, 0.1) is 0 Å². The highest BCUT2D eigenvalue weighted by Crippen LogP contribution is 2.26. The lowest BCUT2D eigenvalue weighted by Crippen LogP contribution is -2.13. The van der Waals surface area contributed by atoms with Gasteiger partial charge in [-0.25, -0.2) is 15.8 Å². The average molecular weight is 270 g/mol. The van der Waals surface area contributed by atoms with Crippen LogP contribution in [-0.2, 0) is 6.42 Å². The smallest absolute Gasteiger partial charge is 0.162 e. The minimum Gasteiger partial charge on any atom is -0.308 e. The number of nitrogens with zero attached hydrogens (tertiary/aromatic N) is 2. The Balaban J connectivity index is 2.65. The summed E-state index contributed by atoms with van der Waals surface area (Å²) in [5.41, 5.74) is 9.51. The zero-order chi connectivity index (χ0) is 14.9. The minimum atomic E-state index is 0.715. The number of benzene rings is 1. The van der Waals surface area contributed by atoms with Gasteiger partial charge in [-0.15, -0.1) is 0 Å². The van der Waals surface area contributed by atoms with E-state index in [1.165, 1.54) is 16.7 Å². The maximum atomic E-state index is 5.59. The Labute approximate surface area is 120 Å². The average Bonchev–Trinajstić information content (AvgIpc) is 2.41. The van der Waals surface area contributed by atoms with Gasteiger partial charge in [-0.05, 0) is 56.9 Å². The normalized spacial score (nSPS) is 10.7. The second-order valence-corrected chi connectivity index (χ2v) is 5.21. The van der Waals surface area contributed by atoms with E-state index in [0.29, 0.717) is 5.82 Å². The van der Waals surface area contributed by atoms with E-state index in [0.717, 1.165) is 29.1 Å². The van der Waals surface area contributed by atoms with Crippen LogP contribution in [0, 0.1) is 27.7 Å². The Morgan fingerprint density at radius 2 is 1.65 bits per heavy atom. The van der Waals surface area contributed by atoms with Gasteiger partial charge in [-0.3, -0.25) is 0 Å². The van der Waals surface area contributed by atoms with Crippen molar-refractivity contribution in [2.75, 3.05) is 5.43 Å². The molecule has 0 aliphatic carbocycles. The Hall–Kier alpha value is -1.94. The van der Waals surface area contributed by atoms with E-state index in [1.807, 2.05) is 6.92 Å². The third-order valence-corrected chi connectivity index (χ3v) is 3.79. The first kappa shape index (κ1) is 14.5. The van der Waals surface area contributed by atoms with Gasteiger partial charge in [-0.1, -0.05) is 13.0 Å². The van der Waals surface area contributed by atoms with Gasteiger partial charge in [0.15, 0.2) is 5.82 Å². The number of aromatic nitrogens is 2. The highest BCUT2D eigenvalue weighted by Gasteiger charge is 2.13. The van der Waals surface area contributed by atoms with Crippen LogP contribution >= 0.6 is 0 Å². The minimum absolute atomic E-state index is 0.715. The fourth-order valence-corrected chi connectivity index (χ4v) is 2.46. The molecule has 0 unspecified atom stereocenters. The molecule has 0 fully saturated rings. The monoisotopic (exact) mass is 270 g/mol. The lowest BCUT2D eigenvalue weighted by Gasteiger charge is -2.14. The topological polar surface area (TPSA) is 63.8 Å². The molecule has 2 rings (SSSR count). The summed E-state index contributed by atoms with van der Waals surface area (Å²) in [5.74, 6) is 7.04. The van der Waals surface area contributed by atoms with Crippen LogP contribution < -0.4 is 11.3 Å². The number of nitrogens with two attached hydrogens (primary N) is 1. The number of aryl methyl sites for hydroxylation is 4. The second kappa shape index (κ2) is 5.59. The largest absolute Gasteiger partial charge is 0.308 e. The van der Waals surface area contributed by atoms with Crippen molar-refractivity contribution in [3.05, 3.63) is 40.1 Å². The van der Waals surface area contributed by atoms with Crippen molar-refractivity contribution in [2.24, 2.45) is 5.84 Å². The van der Waals surface area contributed by atoms with Crippen molar-refractivity contribution in [3.8, 4) is 11.4 Å². The molecule has 3 N–H and O–H groups in total. The molecule has 20 heavy (non-hydrogen) atoms. The highest BCUT2D eigenvalue weighted by molar-refractivity contribution is 5.65. The van der Waals surface area contributed by atoms with Crippen LogP contribution in [0.25, 0.3) is 11.4 Å². The first-order valence-corrected chi connectivity index (χ1v) is 6.90. The quantitative estimate of drug-likeness (QED) is 0.664. The van der Waals surface area contributed by atoms with Crippen LogP contribution in [0.3, 0.4) is 0 Å². The van der Waals surface area contributed by atoms with Crippen LogP contribution in [0.2, 0.25) is 0 Å². The first-order chi connectivity index (χ1) is 9.47. The number of anilines is 1. The highest BCUT2D eigenvalue weighted by atomic mass is 15.3. The number of hydrogen-bond donors (Lipinski definition) is 2. The van der Waals surface area contributed by atoms with Crippen molar-refractivity contribution in [3.63, 3.8) is 0 Å². The molecule has 1 aromatic carbocycles. The maximum Gasteiger partial charge on any atom is 0.162 e. The Kier molecular flexibility index (Phi) is 4.04. The third-order valence-electron chi connectivity index (χ3n) is 3.79. The van der Waals surface area contributed by atoms with E-state index in [4.69, 9.17) is 5.84 Å². The molecule has 2 aromatic rings. The number of rotatable bonds is 3. The molecule has 4 heteroatoms. The van der Waals surface area contributed by atoms with E-state index in [2.05, 4.69) is 55.2 Å². The van der Waals surface area contributed by atoms with Gasteiger partial charge >= 0.3 is 0 Å². The van der Waals surface area contributed by atoms with Crippen LogP contribution in [0.5, 0.6) is 0 Å². The molecule has 0 saturated heterocycles. The Morgan fingerprint density at radius 1 is 1.00 bits per heavy atom. The van der Waals surface area contributed by atoms with E-state index < -0.39 is 0 Å². The van der Waals surface area contributed by atoms with Gasteiger partial charge in [0.2, 0.25) is 0 Å². The molecule has 0 aliphatic rings. The molecule has 0 atom stereocenters. The summed E-state index contributed by atoms with van der Waals surface area (Å²) in [7, 11) is 0. The summed E-state index contributed by atoms with van der Waals surface area (Å²) in [6.45, 7) is 10.4. The number of hydrogen-bond acceptors (Lipinski definition) is 4. The molecule has 0 amide bonds. The van der Waals surface area contributed by atoms with Gasteiger partial charge in [-0.2, -0.15) is 0 Å². The van der Waals surface area contributed by atoms with Gasteiger partial charge in [0, 0.05) is 16.8 Å². The maximum absolute atomic E-state index is 5.59. The van der Waals surface area contributed by atoms with Gasteiger partial charge in [0.25, 0.3) is 0 Å². The molecule has 106 valence electrons. The molecule has 4 nitrogen and oxygen atoms in total. The fraction of sp³-hybridized carbons (Fsp3) is 0.375. The zero-order valence-corrected chi connectivity index (χ0v) is 12.8. The SMILES string of the molecule is CCc1c(C)nc(-c2cc(C)c(C)cc2C)nc1NN. The molecule has 0 spiro atoms. The van der Waals surface area contributed by atoms with Gasteiger partial charge < -0.3 is 5.43 Å². The van der Waals surface area contributed by atoms with Crippen molar-refractivity contribution in [2.45, 2.75) is 41.0 Å². The molecule has 1 heterocycles. The molecule has 0 saturated carbocycles. The van der Waals surface area contributed by atoms with Crippen LogP contribution in [0.1, 0.15) is 34.9 Å². The first-order valence-electron chi connectivity index (χ1n) is 6.90. The number of hydrazine groups is 1. The van der Waals surface area contributed by atoms with E-state index in [9.17, 15) is 0 Å². The number of nitrogen functional groups attached to an aromatic ring is 1. The lowest BCUT2D eigenvalue weighted by molar-refractivity contribution is 0.993. The summed E-state index contributed by atoms with van der Waals surface area (Å²) in [5, 5.41) is 0. The Bertz CT molecular complexity index is 647. The zero-order valence-electron chi connectivity index (χ0n) is 12.8. The standard InChI is InChI=1S/C16H22N4/c1-6-13-12(5)18-15(19-16(13)20-17)14-8-10(3)9(2)7-11(14)4/h7-8H,6,17H2,1-5H3,(H,18,19,20).